The lowest BCUT2D eigenvalue weighted by Crippen LogP contribution is -2.48. The summed E-state index contributed by atoms with van der Waals surface area (Å²) in [6.45, 7) is 4.43. The van der Waals surface area contributed by atoms with Crippen molar-refractivity contribution in [1.29, 1.82) is 0 Å². The summed E-state index contributed by atoms with van der Waals surface area (Å²) in [7, 11) is 0. The molecule has 0 spiro atoms. The average molecular weight is 341 g/mol. The molecule has 3 N–H and O–H groups in total. The first-order chi connectivity index (χ1) is 11.9. The van der Waals surface area contributed by atoms with E-state index in [1.54, 1.807) is 23.1 Å². The second-order valence-corrected chi connectivity index (χ2v) is 6.63. The number of carbonyl (C=O) groups excluding carboxylic acids is 1. The molecule has 0 aliphatic carbocycles. The third kappa shape index (κ3) is 3.38. The fourth-order valence-corrected chi connectivity index (χ4v) is 3.20. The van der Waals surface area contributed by atoms with E-state index < -0.39 is 12.2 Å². The summed E-state index contributed by atoms with van der Waals surface area (Å²) in [4.78, 5) is 14.1. The maximum atomic E-state index is 12.6. The standard InChI is InChI=1S/C20H23NO4/c1-12-13(2)17(22)8-7-16(12)14-3-5-15(6-4-14)20(25)21-10-9-18(23)19(24)11-21/h3-8,18-19,22-24H,9-11H2,1-2H3. The lowest BCUT2D eigenvalue weighted by Gasteiger charge is -2.33. The van der Waals surface area contributed by atoms with Gasteiger partial charge in [0.1, 0.15) is 5.75 Å². The Morgan fingerprint density at radius 3 is 2.32 bits per heavy atom. The molecule has 2 atom stereocenters. The van der Waals surface area contributed by atoms with Gasteiger partial charge >= 0.3 is 0 Å². The first kappa shape index (κ1) is 17.5. The molecule has 2 aromatic carbocycles. The SMILES string of the molecule is Cc1c(O)ccc(-c2ccc(C(=O)N3CCC(O)C(O)C3)cc2)c1C. The fourth-order valence-electron chi connectivity index (χ4n) is 3.20. The van der Waals surface area contributed by atoms with Gasteiger partial charge in [-0.1, -0.05) is 18.2 Å². The molecule has 0 aromatic heterocycles. The topological polar surface area (TPSA) is 81.0 Å². The largest absolute Gasteiger partial charge is 0.508 e. The van der Waals surface area contributed by atoms with E-state index in [-0.39, 0.29) is 18.2 Å². The van der Waals surface area contributed by atoms with Crippen LogP contribution in [0.5, 0.6) is 5.75 Å². The fraction of sp³-hybridized carbons (Fsp3) is 0.350. The average Bonchev–Trinajstić information content (AvgIpc) is 2.62. The van der Waals surface area contributed by atoms with Crippen LogP contribution in [0.1, 0.15) is 27.9 Å². The highest BCUT2D eigenvalue weighted by Crippen LogP contribution is 2.30. The van der Waals surface area contributed by atoms with Gasteiger partial charge in [-0.2, -0.15) is 0 Å². The summed E-state index contributed by atoms with van der Waals surface area (Å²) in [5, 5.41) is 29.1. The van der Waals surface area contributed by atoms with Crippen molar-refractivity contribution in [2.75, 3.05) is 13.1 Å². The van der Waals surface area contributed by atoms with Crippen molar-refractivity contribution in [1.82, 2.24) is 4.90 Å². The number of phenolic OH excluding ortho intramolecular Hbond substituents is 1. The normalized spacial score (nSPS) is 20.6. The minimum absolute atomic E-state index is 0.142. The molecular weight excluding hydrogens is 318 g/mol. The second-order valence-electron chi connectivity index (χ2n) is 6.63. The zero-order chi connectivity index (χ0) is 18.1. The third-order valence-corrected chi connectivity index (χ3v) is 5.04. The summed E-state index contributed by atoms with van der Waals surface area (Å²) in [5.41, 5.74) is 4.41. The van der Waals surface area contributed by atoms with Gasteiger partial charge in [-0.15, -0.1) is 0 Å². The van der Waals surface area contributed by atoms with Crippen LogP contribution in [0.15, 0.2) is 36.4 Å². The van der Waals surface area contributed by atoms with Crippen molar-refractivity contribution in [3.05, 3.63) is 53.1 Å². The van der Waals surface area contributed by atoms with Gasteiger partial charge in [0, 0.05) is 18.7 Å². The number of carbonyl (C=O) groups is 1. The number of aliphatic hydroxyl groups excluding tert-OH is 2. The van der Waals surface area contributed by atoms with Gasteiger partial charge in [-0.25, -0.2) is 0 Å². The highest BCUT2D eigenvalue weighted by Gasteiger charge is 2.29. The Kier molecular flexibility index (Phi) is 4.79. The molecule has 1 heterocycles. The Balaban J connectivity index is 1.81. The van der Waals surface area contributed by atoms with Gasteiger partial charge in [-0.05, 0) is 60.7 Å². The molecule has 5 heteroatoms. The monoisotopic (exact) mass is 341 g/mol. The Hall–Kier alpha value is -2.37. The number of benzene rings is 2. The van der Waals surface area contributed by atoms with Crippen LogP contribution in [0, 0.1) is 13.8 Å². The number of β-amino-alcohol motifs (C(OH)–C–C–N with tert-alkyl or cyclic N) is 1. The number of likely N-dealkylation sites (tertiary alicyclic amines) is 1. The van der Waals surface area contributed by atoms with Crippen molar-refractivity contribution in [3.8, 4) is 16.9 Å². The number of aromatic hydroxyl groups is 1. The van der Waals surface area contributed by atoms with Crippen LogP contribution in [0.4, 0.5) is 0 Å². The number of hydrogen-bond acceptors (Lipinski definition) is 4. The number of nitrogens with zero attached hydrogens (tertiary/aromatic N) is 1. The lowest BCUT2D eigenvalue weighted by atomic mass is 9.95. The molecule has 2 aromatic rings. The van der Waals surface area contributed by atoms with Crippen LogP contribution >= 0.6 is 0 Å². The number of piperidine rings is 1. The number of rotatable bonds is 2. The maximum Gasteiger partial charge on any atom is 0.253 e. The first-order valence-corrected chi connectivity index (χ1v) is 8.43. The van der Waals surface area contributed by atoms with Crippen LogP contribution in [0.25, 0.3) is 11.1 Å². The smallest absolute Gasteiger partial charge is 0.253 e. The van der Waals surface area contributed by atoms with E-state index in [1.807, 2.05) is 32.0 Å². The molecule has 3 rings (SSSR count). The van der Waals surface area contributed by atoms with Gasteiger partial charge < -0.3 is 20.2 Å². The van der Waals surface area contributed by atoms with Crippen molar-refractivity contribution >= 4 is 5.91 Å². The van der Waals surface area contributed by atoms with Crippen LogP contribution in [-0.4, -0.2) is 51.4 Å². The predicted octanol–water partition coefficient (Wildman–Crippen LogP) is 2.24. The van der Waals surface area contributed by atoms with E-state index in [1.165, 1.54) is 0 Å². The zero-order valence-corrected chi connectivity index (χ0v) is 14.4. The first-order valence-electron chi connectivity index (χ1n) is 8.43. The summed E-state index contributed by atoms with van der Waals surface area (Å²) < 4.78 is 0. The number of hydrogen-bond donors (Lipinski definition) is 3. The Labute approximate surface area is 147 Å². The minimum Gasteiger partial charge on any atom is -0.508 e. The van der Waals surface area contributed by atoms with Crippen LogP contribution in [0.2, 0.25) is 0 Å². The Bertz CT molecular complexity index is 785. The van der Waals surface area contributed by atoms with Crippen LogP contribution < -0.4 is 0 Å². The summed E-state index contributed by atoms with van der Waals surface area (Å²) in [6.07, 6.45) is -1.26. The van der Waals surface area contributed by atoms with E-state index in [0.717, 1.165) is 22.3 Å². The molecule has 132 valence electrons. The van der Waals surface area contributed by atoms with Crippen molar-refractivity contribution in [3.63, 3.8) is 0 Å². The van der Waals surface area contributed by atoms with E-state index in [0.29, 0.717) is 18.5 Å². The van der Waals surface area contributed by atoms with Crippen molar-refractivity contribution in [2.45, 2.75) is 32.5 Å². The Morgan fingerprint density at radius 2 is 1.68 bits per heavy atom. The van der Waals surface area contributed by atoms with Gasteiger partial charge in [0.2, 0.25) is 0 Å². The second kappa shape index (κ2) is 6.86. The number of aliphatic hydroxyl groups is 2. The highest BCUT2D eigenvalue weighted by atomic mass is 16.3. The molecule has 0 radical (unpaired) electrons. The van der Waals surface area contributed by atoms with Gasteiger partial charge in [0.25, 0.3) is 5.91 Å². The third-order valence-electron chi connectivity index (χ3n) is 5.04. The van der Waals surface area contributed by atoms with Crippen molar-refractivity contribution < 1.29 is 20.1 Å². The van der Waals surface area contributed by atoms with E-state index in [9.17, 15) is 20.1 Å². The molecule has 1 fully saturated rings. The van der Waals surface area contributed by atoms with Crippen molar-refractivity contribution in [2.24, 2.45) is 0 Å². The molecule has 1 aliphatic rings. The van der Waals surface area contributed by atoms with Crippen LogP contribution in [-0.2, 0) is 0 Å². The number of phenols is 1. The van der Waals surface area contributed by atoms with E-state index in [2.05, 4.69) is 0 Å². The highest BCUT2D eigenvalue weighted by molar-refractivity contribution is 5.95. The summed E-state index contributed by atoms with van der Waals surface area (Å²) in [5.74, 6) is 0.134. The maximum absolute atomic E-state index is 12.6. The van der Waals surface area contributed by atoms with Crippen LogP contribution in [0.3, 0.4) is 0 Å². The number of amides is 1. The zero-order valence-electron chi connectivity index (χ0n) is 14.4. The van der Waals surface area contributed by atoms with E-state index >= 15 is 0 Å². The molecule has 2 unspecified atom stereocenters. The molecule has 0 bridgehead atoms. The molecule has 1 saturated heterocycles. The minimum atomic E-state index is -0.889. The van der Waals surface area contributed by atoms with Gasteiger partial charge in [-0.3, -0.25) is 4.79 Å². The van der Waals surface area contributed by atoms with E-state index in [4.69, 9.17) is 0 Å². The Morgan fingerprint density at radius 1 is 1.00 bits per heavy atom. The molecule has 1 aliphatic heterocycles. The lowest BCUT2D eigenvalue weighted by molar-refractivity contribution is -0.0321. The summed E-state index contributed by atoms with van der Waals surface area (Å²) in [6, 6.07) is 10.9. The van der Waals surface area contributed by atoms with Gasteiger partial charge in [0.15, 0.2) is 0 Å². The molecule has 25 heavy (non-hydrogen) atoms. The molecule has 1 amide bonds. The van der Waals surface area contributed by atoms with Gasteiger partial charge in [0.05, 0.1) is 12.2 Å². The molecule has 0 saturated carbocycles. The predicted molar refractivity (Wildman–Crippen MR) is 95.6 cm³/mol. The molecular formula is C20H23NO4. The quantitative estimate of drug-likeness (QED) is 0.782. The molecule has 5 nitrogen and oxygen atoms in total. The summed E-state index contributed by atoms with van der Waals surface area (Å²) >= 11 is 0.